The van der Waals surface area contributed by atoms with Gasteiger partial charge in [-0.1, -0.05) is 30.3 Å². The summed E-state index contributed by atoms with van der Waals surface area (Å²) < 4.78 is 0. The fraction of sp³-hybridized carbons (Fsp3) is 0.692. The van der Waals surface area contributed by atoms with Crippen LogP contribution in [0.2, 0.25) is 0 Å². The van der Waals surface area contributed by atoms with Crippen LogP contribution in [0.15, 0.2) is 23.8 Å². The minimum Gasteiger partial charge on any atom is -0.0895 e. The van der Waals surface area contributed by atoms with Crippen LogP contribution < -0.4 is 0 Å². The van der Waals surface area contributed by atoms with Crippen molar-refractivity contribution in [2.24, 2.45) is 41.4 Å². The highest BCUT2D eigenvalue weighted by molar-refractivity contribution is 6.29. The van der Waals surface area contributed by atoms with Gasteiger partial charge in [0.15, 0.2) is 0 Å². The van der Waals surface area contributed by atoms with E-state index in [4.69, 9.17) is 11.6 Å². The average Bonchev–Trinajstić information content (AvgIpc) is 2.61. The highest BCUT2D eigenvalue weighted by atomic mass is 35.5. The molecule has 0 aromatic rings. The second-order valence-corrected chi connectivity index (χ2v) is 6.13. The Morgan fingerprint density at radius 2 is 1.86 bits per heavy atom. The molecule has 7 unspecified atom stereocenters. The van der Waals surface area contributed by atoms with Gasteiger partial charge in [-0.2, -0.15) is 0 Å². The van der Waals surface area contributed by atoms with Gasteiger partial charge in [-0.3, -0.25) is 0 Å². The molecule has 0 aromatic heterocycles. The number of hydrogen-bond donors (Lipinski definition) is 0. The molecule has 0 heterocycles. The van der Waals surface area contributed by atoms with Crippen molar-refractivity contribution in [3.8, 4) is 0 Å². The molecular weight excluding hydrogens is 192 g/mol. The first-order valence-electron chi connectivity index (χ1n) is 5.80. The molecule has 4 rings (SSSR count). The third-order valence-corrected chi connectivity index (χ3v) is 5.70. The SMILES string of the molecule is C=C(Cl)C1CC2CC1C1C3C=CC3C21. The lowest BCUT2D eigenvalue weighted by molar-refractivity contribution is -0.0375. The van der Waals surface area contributed by atoms with E-state index in [2.05, 4.69) is 18.7 Å². The minimum atomic E-state index is 0.651. The van der Waals surface area contributed by atoms with Crippen molar-refractivity contribution in [2.75, 3.05) is 0 Å². The van der Waals surface area contributed by atoms with Gasteiger partial charge >= 0.3 is 0 Å². The van der Waals surface area contributed by atoms with Crippen LogP contribution in [-0.4, -0.2) is 0 Å². The molecule has 0 amide bonds. The van der Waals surface area contributed by atoms with Gasteiger partial charge in [0.25, 0.3) is 0 Å². The lowest BCUT2D eigenvalue weighted by Gasteiger charge is -2.58. The highest BCUT2D eigenvalue weighted by Gasteiger charge is 2.65. The molecular formula is C13H15Cl. The van der Waals surface area contributed by atoms with E-state index in [0.717, 1.165) is 40.5 Å². The number of halogens is 1. The maximum absolute atomic E-state index is 6.10. The zero-order valence-electron chi connectivity index (χ0n) is 8.20. The molecule has 0 N–H and O–H groups in total. The van der Waals surface area contributed by atoms with E-state index in [1.54, 1.807) is 0 Å². The van der Waals surface area contributed by atoms with Gasteiger partial charge in [0.2, 0.25) is 0 Å². The smallest absolute Gasteiger partial charge is 0.0143 e. The summed E-state index contributed by atoms with van der Waals surface area (Å²) in [5.74, 6) is 6.47. The van der Waals surface area contributed by atoms with E-state index in [1.807, 2.05) is 0 Å². The van der Waals surface area contributed by atoms with E-state index >= 15 is 0 Å². The average molecular weight is 207 g/mol. The standard InChI is InChI=1S/C13H15Cl/c1-6(14)10-4-7-5-11(10)13-9-3-2-8(9)12(7)13/h2-3,7-13H,1,4-5H2. The molecule has 3 saturated carbocycles. The van der Waals surface area contributed by atoms with Crippen LogP contribution in [0.5, 0.6) is 0 Å². The molecule has 7 atom stereocenters. The van der Waals surface area contributed by atoms with Crippen molar-refractivity contribution in [3.05, 3.63) is 23.8 Å². The van der Waals surface area contributed by atoms with Gasteiger partial charge in [0, 0.05) is 5.03 Å². The topological polar surface area (TPSA) is 0 Å². The van der Waals surface area contributed by atoms with Gasteiger partial charge in [0.05, 0.1) is 0 Å². The zero-order valence-corrected chi connectivity index (χ0v) is 8.95. The van der Waals surface area contributed by atoms with Crippen molar-refractivity contribution < 1.29 is 0 Å². The van der Waals surface area contributed by atoms with Crippen molar-refractivity contribution in [3.63, 3.8) is 0 Å². The normalized spacial score (nSPS) is 61.4. The summed E-state index contributed by atoms with van der Waals surface area (Å²) in [6.07, 6.45) is 7.66. The van der Waals surface area contributed by atoms with Crippen LogP contribution >= 0.6 is 11.6 Å². The molecule has 0 spiro atoms. The van der Waals surface area contributed by atoms with Crippen LogP contribution in [0.1, 0.15) is 12.8 Å². The van der Waals surface area contributed by atoms with Crippen molar-refractivity contribution in [1.29, 1.82) is 0 Å². The lowest BCUT2D eigenvalue weighted by atomic mass is 9.46. The molecule has 0 radical (unpaired) electrons. The molecule has 3 fully saturated rings. The first kappa shape index (κ1) is 7.98. The molecule has 2 bridgehead atoms. The summed E-state index contributed by atoms with van der Waals surface area (Å²) in [5.41, 5.74) is 0. The summed E-state index contributed by atoms with van der Waals surface area (Å²) in [6, 6.07) is 0. The minimum absolute atomic E-state index is 0.651. The summed E-state index contributed by atoms with van der Waals surface area (Å²) in [6.45, 7) is 3.95. The van der Waals surface area contributed by atoms with Crippen LogP contribution in [0.25, 0.3) is 0 Å². The third-order valence-electron chi connectivity index (χ3n) is 5.42. The van der Waals surface area contributed by atoms with Crippen molar-refractivity contribution in [1.82, 2.24) is 0 Å². The Balaban J connectivity index is 1.68. The van der Waals surface area contributed by atoms with Gasteiger partial charge in [-0.15, -0.1) is 0 Å². The number of allylic oxidation sites excluding steroid dienone is 3. The summed E-state index contributed by atoms with van der Waals surface area (Å²) >= 11 is 6.10. The summed E-state index contributed by atoms with van der Waals surface area (Å²) in [7, 11) is 0. The Bertz CT molecular complexity index is 343. The van der Waals surface area contributed by atoms with E-state index in [-0.39, 0.29) is 0 Å². The van der Waals surface area contributed by atoms with Crippen LogP contribution in [0, 0.1) is 41.4 Å². The Morgan fingerprint density at radius 1 is 1.14 bits per heavy atom. The van der Waals surface area contributed by atoms with E-state index in [1.165, 1.54) is 12.8 Å². The predicted molar refractivity (Wildman–Crippen MR) is 57.8 cm³/mol. The quantitative estimate of drug-likeness (QED) is 0.577. The van der Waals surface area contributed by atoms with Crippen LogP contribution in [-0.2, 0) is 0 Å². The molecule has 0 saturated heterocycles. The van der Waals surface area contributed by atoms with Gasteiger partial charge < -0.3 is 0 Å². The zero-order chi connectivity index (χ0) is 9.45. The summed E-state index contributed by atoms with van der Waals surface area (Å²) in [4.78, 5) is 0. The fourth-order valence-electron chi connectivity index (χ4n) is 4.92. The molecule has 1 heteroatoms. The molecule has 0 nitrogen and oxygen atoms in total. The second-order valence-electron chi connectivity index (χ2n) is 5.64. The molecule has 0 aliphatic heterocycles. The largest absolute Gasteiger partial charge is 0.0895 e. The molecule has 4 aliphatic rings. The Morgan fingerprint density at radius 3 is 2.50 bits per heavy atom. The Hall–Kier alpha value is -0.230. The first-order valence-corrected chi connectivity index (χ1v) is 6.18. The maximum atomic E-state index is 6.10. The molecule has 4 aliphatic carbocycles. The fourth-order valence-corrected chi connectivity index (χ4v) is 5.17. The van der Waals surface area contributed by atoms with E-state index < -0.39 is 0 Å². The Labute approximate surface area is 90.0 Å². The van der Waals surface area contributed by atoms with Gasteiger partial charge in [0.1, 0.15) is 0 Å². The van der Waals surface area contributed by atoms with E-state index in [9.17, 15) is 0 Å². The van der Waals surface area contributed by atoms with Gasteiger partial charge in [-0.25, -0.2) is 0 Å². The maximum Gasteiger partial charge on any atom is 0.0143 e. The molecule has 0 aromatic carbocycles. The number of fused-ring (bicyclic) bond motifs is 8. The Kier molecular flexibility index (Phi) is 1.31. The van der Waals surface area contributed by atoms with E-state index in [0.29, 0.717) is 5.92 Å². The van der Waals surface area contributed by atoms with Gasteiger partial charge in [-0.05, 0) is 54.3 Å². The highest BCUT2D eigenvalue weighted by Crippen LogP contribution is 2.71. The predicted octanol–water partition coefficient (Wildman–Crippen LogP) is 3.44. The number of hydrogen-bond acceptors (Lipinski definition) is 0. The van der Waals surface area contributed by atoms with Crippen molar-refractivity contribution >= 4 is 11.6 Å². The monoisotopic (exact) mass is 206 g/mol. The molecule has 14 heavy (non-hydrogen) atoms. The number of rotatable bonds is 1. The lowest BCUT2D eigenvalue weighted by Crippen LogP contribution is -2.53. The van der Waals surface area contributed by atoms with Crippen LogP contribution in [0.4, 0.5) is 0 Å². The summed E-state index contributed by atoms with van der Waals surface area (Å²) in [5, 5.41) is 0.933. The third kappa shape index (κ3) is 0.681. The first-order chi connectivity index (χ1) is 6.77. The second kappa shape index (κ2) is 2.29. The van der Waals surface area contributed by atoms with Crippen LogP contribution in [0.3, 0.4) is 0 Å². The van der Waals surface area contributed by atoms with Crippen molar-refractivity contribution in [2.45, 2.75) is 12.8 Å². The molecule has 74 valence electrons.